The first-order valence-corrected chi connectivity index (χ1v) is 7.29. The lowest BCUT2D eigenvalue weighted by molar-refractivity contribution is -0.123. The summed E-state index contributed by atoms with van der Waals surface area (Å²) >= 11 is 11.7. The minimum atomic E-state index is -0.367. The molecule has 7 heteroatoms. The highest BCUT2D eigenvalue weighted by Crippen LogP contribution is 2.27. The first kappa shape index (κ1) is 20.3. The van der Waals surface area contributed by atoms with Crippen LogP contribution in [0.3, 0.4) is 0 Å². The van der Waals surface area contributed by atoms with Crippen LogP contribution in [0.15, 0.2) is 18.2 Å². The van der Waals surface area contributed by atoms with Crippen LogP contribution >= 0.6 is 35.6 Å². The Labute approximate surface area is 141 Å². The number of carbonyl (C=O) groups excluding carboxylic acids is 1. The van der Waals surface area contributed by atoms with Gasteiger partial charge in [-0.1, -0.05) is 37.0 Å². The standard InChI is InChI=1S/C14H20Cl2N2O2.ClH/c1-3-14(17,4-2)9-18-13(19)8-20-12-6-5-10(15)7-11(12)16;/h5-7H,3-4,8-9,17H2,1-2H3,(H,18,19);1H. The fraction of sp³-hybridized carbons (Fsp3) is 0.500. The number of benzene rings is 1. The third-order valence-electron chi connectivity index (χ3n) is 3.30. The van der Waals surface area contributed by atoms with Crippen molar-refractivity contribution in [1.29, 1.82) is 0 Å². The van der Waals surface area contributed by atoms with E-state index in [2.05, 4.69) is 5.32 Å². The second-order valence-electron chi connectivity index (χ2n) is 4.71. The number of hydrogen-bond donors (Lipinski definition) is 2. The molecule has 1 aromatic carbocycles. The normalized spacial score (nSPS) is 10.7. The van der Waals surface area contributed by atoms with E-state index in [9.17, 15) is 4.79 Å². The van der Waals surface area contributed by atoms with Gasteiger partial charge in [-0.25, -0.2) is 0 Å². The van der Waals surface area contributed by atoms with E-state index in [-0.39, 0.29) is 30.5 Å². The molecule has 0 saturated heterocycles. The molecule has 0 saturated carbocycles. The highest BCUT2D eigenvalue weighted by atomic mass is 35.5. The monoisotopic (exact) mass is 354 g/mol. The molecule has 0 aliphatic carbocycles. The van der Waals surface area contributed by atoms with Crippen molar-refractivity contribution >= 4 is 41.5 Å². The average Bonchev–Trinajstić information content (AvgIpc) is 2.44. The Morgan fingerprint density at radius 2 is 1.95 bits per heavy atom. The summed E-state index contributed by atoms with van der Waals surface area (Å²) in [6.07, 6.45) is 1.60. The van der Waals surface area contributed by atoms with Crippen LogP contribution in [-0.2, 0) is 4.79 Å². The van der Waals surface area contributed by atoms with Gasteiger partial charge in [0.05, 0.1) is 5.02 Å². The van der Waals surface area contributed by atoms with Gasteiger partial charge in [-0.15, -0.1) is 12.4 Å². The zero-order chi connectivity index (χ0) is 15.2. The van der Waals surface area contributed by atoms with Crippen LogP contribution in [0.25, 0.3) is 0 Å². The number of amides is 1. The first-order valence-electron chi connectivity index (χ1n) is 6.53. The number of rotatable bonds is 7. The molecule has 3 N–H and O–H groups in total. The molecular formula is C14H21Cl3N2O2. The van der Waals surface area contributed by atoms with Crippen molar-refractivity contribution in [2.75, 3.05) is 13.2 Å². The minimum Gasteiger partial charge on any atom is -0.482 e. The summed E-state index contributed by atoms with van der Waals surface area (Å²) in [6, 6.07) is 4.85. The van der Waals surface area contributed by atoms with Crippen molar-refractivity contribution in [1.82, 2.24) is 5.32 Å². The Bertz CT molecular complexity index is 466. The van der Waals surface area contributed by atoms with Gasteiger partial charge in [0.1, 0.15) is 5.75 Å². The largest absolute Gasteiger partial charge is 0.482 e. The highest BCUT2D eigenvalue weighted by Gasteiger charge is 2.20. The Morgan fingerprint density at radius 3 is 2.48 bits per heavy atom. The topological polar surface area (TPSA) is 64.3 Å². The summed E-state index contributed by atoms with van der Waals surface area (Å²) in [7, 11) is 0. The van der Waals surface area contributed by atoms with E-state index in [4.69, 9.17) is 33.7 Å². The van der Waals surface area contributed by atoms with Gasteiger partial charge in [-0.3, -0.25) is 4.79 Å². The van der Waals surface area contributed by atoms with Gasteiger partial charge < -0.3 is 15.8 Å². The van der Waals surface area contributed by atoms with Crippen molar-refractivity contribution < 1.29 is 9.53 Å². The van der Waals surface area contributed by atoms with Gasteiger partial charge in [0, 0.05) is 17.1 Å². The molecule has 1 aromatic rings. The summed E-state index contributed by atoms with van der Waals surface area (Å²) in [6.45, 7) is 4.32. The van der Waals surface area contributed by atoms with Crippen molar-refractivity contribution in [2.45, 2.75) is 32.2 Å². The molecule has 120 valence electrons. The third-order valence-corrected chi connectivity index (χ3v) is 3.83. The molecule has 0 spiro atoms. The second-order valence-corrected chi connectivity index (χ2v) is 5.55. The summed E-state index contributed by atoms with van der Waals surface area (Å²) in [5.41, 5.74) is 5.73. The van der Waals surface area contributed by atoms with Gasteiger partial charge in [0.25, 0.3) is 5.91 Å². The summed E-state index contributed by atoms with van der Waals surface area (Å²) in [5.74, 6) is 0.198. The van der Waals surface area contributed by atoms with E-state index in [0.29, 0.717) is 22.3 Å². The molecule has 1 amide bonds. The van der Waals surface area contributed by atoms with Crippen molar-refractivity contribution in [3.63, 3.8) is 0 Å². The third kappa shape index (κ3) is 6.74. The van der Waals surface area contributed by atoms with Crippen LogP contribution in [0.5, 0.6) is 5.75 Å². The van der Waals surface area contributed by atoms with Gasteiger partial charge in [-0.2, -0.15) is 0 Å². The van der Waals surface area contributed by atoms with Crippen molar-refractivity contribution in [2.24, 2.45) is 5.73 Å². The Morgan fingerprint density at radius 1 is 1.33 bits per heavy atom. The number of carbonyl (C=O) groups is 1. The Balaban J connectivity index is 0.00000400. The molecule has 0 bridgehead atoms. The molecule has 0 aliphatic heterocycles. The molecule has 0 fully saturated rings. The van der Waals surface area contributed by atoms with Gasteiger partial charge in [-0.05, 0) is 31.0 Å². The number of hydrogen-bond acceptors (Lipinski definition) is 3. The molecule has 0 aromatic heterocycles. The van der Waals surface area contributed by atoms with Gasteiger partial charge >= 0.3 is 0 Å². The second kappa shape index (κ2) is 9.36. The Kier molecular flexibility index (Phi) is 9.06. The maximum atomic E-state index is 11.7. The fourth-order valence-electron chi connectivity index (χ4n) is 1.56. The SMILES string of the molecule is CCC(N)(CC)CNC(=O)COc1ccc(Cl)cc1Cl.Cl. The molecule has 0 radical (unpaired) electrons. The molecule has 1 rings (SSSR count). The van der Waals surface area contributed by atoms with Crippen LogP contribution < -0.4 is 15.8 Å². The number of ether oxygens (including phenoxy) is 1. The van der Waals surface area contributed by atoms with Crippen LogP contribution in [-0.4, -0.2) is 24.6 Å². The smallest absolute Gasteiger partial charge is 0.258 e. The molecule has 0 aliphatic rings. The maximum absolute atomic E-state index is 11.7. The average molecular weight is 356 g/mol. The molecule has 4 nitrogen and oxygen atoms in total. The number of nitrogens with two attached hydrogens (primary N) is 1. The molecular weight excluding hydrogens is 335 g/mol. The van der Waals surface area contributed by atoms with Crippen LogP contribution in [0.4, 0.5) is 0 Å². The van der Waals surface area contributed by atoms with Crippen molar-refractivity contribution in [3.05, 3.63) is 28.2 Å². The molecule has 0 unspecified atom stereocenters. The predicted octanol–water partition coefficient (Wildman–Crippen LogP) is 3.43. The zero-order valence-corrected chi connectivity index (χ0v) is 14.4. The molecule has 21 heavy (non-hydrogen) atoms. The quantitative estimate of drug-likeness (QED) is 0.787. The maximum Gasteiger partial charge on any atom is 0.258 e. The van der Waals surface area contributed by atoms with Crippen LogP contribution in [0.2, 0.25) is 10.0 Å². The molecule has 0 atom stereocenters. The molecule has 0 heterocycles. The first-order chi connectivity index (χ1) is 9.40. The lowest BCUT2D eigenvalue weighted by Gasteiger charge is -2.26. The highest BCUT2D eigenvalue weighted by molar-refractivity contribution is 6.35. The lowest BCUT2D eigenvalue weighted by atomic mass is 9.94. The fourth-order valence-corrected chi connectivity index (χ4v) is 2.02. The zero-order valence-electron chi connectivity index (χ0n) is 12.1. The summed E-state index contributed by atoms with van der Waals surface area (Å²) in [4.78, 5) is 11.7. The van der Waals surface area contributed by atoms with E-state index in [0.717, 1.165) is 12.8 Å². The number of nitrogens with one attached hydrogen (secondary N) is 1. The van der Waals surface area contributed by atoms with Crippen LogP contribution in [0, 0.1) is 0 Å². The van der Waals surface area contributed by atoms with E-state index >= 15 is 0 Å². The van der Waals surface area contributed by atoms with E-state index in [1.807, 2.05) is 13.8 Å². The lowest BCUT2D eigenvalue weighted by Crippen LogP contribution is -2.50. The van der Waals surface area contributed by atoms with Gasteiger partial charge in [0.15, 0.2) is 6.61 Å². The number of halogens is 3. The van der Waals surface area contributed by atoms with Crippen molar-refractivity contribution in [3.8, 4) is 5.75 Å². The van der Waals surface area contributed by atoms with E-state index < -0.39 is 0 Å². The predicted molar refractivity (Wildman–Crippen MR) is 89.7 cm³/mol. The Hall–Kier alpha value is -0.680. The van der Waals surface area contributed by atoms with E-state index in [1.54, 1.807) is 18.2 Å². The van der Waals surface area contributed by atoms with E-state index in [1.165, 1.54) is 0 Å². The summed E-state index contributed by atoms with van der Waals surface area (Å²) in [5, 5.41) is 3.66. The minimum absolute atomic E-state index is 0. The van der Waals surface area contributed by atoms with Crippen LogP contribution in [0.1, 0.15) is 26.7 Å². The summed E-state index contributed by atoms with van der Waals surface area (Å²) < 4.78 is 5.34. The van der Waals surface area contributed by atoms with Gasteiger partial charge in [0.2, 0.25) is 0 Å².